The van der Waals surface area contributed by atoms with E-state index in [-0.39, 0.29) is 11.9 Å². The van der Waals surface area contributed by atoms with Crippen molar-refractivity contribution in [2.24, 2.45) is 4.99 Å². The van der Waals surface area contributed by atoms with Crippen LogP contribution in [0.5, 0.6) is 0 Å². The molecule has 1 atom stereocenters. The van der Waals surface area contributed by atoms with Crippen molar-refractivity contribution in [2.45, 2.75) is 24.8 Å². The Morgan fingerprint density at radius 1 is 1.25 bits per heavy atom. The molecule has 1 aliphatic heterocycles. The van der Waals surface area contributed by atoms with Crippen LogP contribution in [-0.2, 0) is 12.8 Å². The summed E-state index contributed by atoms with van der Waals surface area (Å²) in [6, 6.07) is 14.9. The normalized spacial score (nSPS) is 25.1. The molecular formula is C19H18BrN3O. The topological polar surface area (TPSA) is 53.5 Å². The quantitative estimate of drug-likeness (QED) is 0.792. The van der Waals surface area contributed by atoms with E-state index in [2.05, 4.69) is 37.6 Å². The van der Waals surface area contributed by atoms with Gasteiger partial charge in [-0.2, -0.15) is 0 Å². The Hall–Kier alpha value is -2.14. The van der Waals surface area contributed by atoms with Gasteiger partial charge in [0.15, 0.2) is 5.96 Å². The number of nitrogens with zero attached hydrogens (tertiary/aromatic N) is 1. The van der Waals surface area contributed by atoms with E-state index in [0.29, 0.717) is 18.4 Å². The van der Waals surface area contributed by atoms with Crippen LogP contribution in [0.2, 0.25) is 0 Å². The van der Waals surface area contributed by atoms with Crippen LogP contribution < -0.4 is 10.6 Å². The van der Waals surface area contributed by atoms with Crippen molar-refractivity contribution in [1.82, 2.24) is 10.6 Å². The number of hydrogen-bond donors (Lipinski definition) is 2. The van der Waals surface area contributed by atoms with Gasteiger partial charge >= 0.3 is 0 Å². The maximum absolute atomic E-state index is 12.4. The van der Waals surface area contributed by atoms with Crippen LogP contribution in [-0.4, -0.2) is 23.9 Å². The van der Waals surface area contributed by atoms with Crippen molar-refractivity contribution in [3.8, 4) is 0 Å². The molecule has 2 N–H and O–H groups in total. The summed E-state index contributed by atoms with van der Waals surface area (Å²) in [5.74, 6) is -0.110. The summed E-state index contributed by atoms with van der Waals surface area (Å²) in [7, 11) is 0. The van der Waals surface area contributed by atoms with Gasteiger partial charge in [0.25, 0.3) is 5.91 Å². The van der Waals surface area contributed by atoms with Crippen LogP contribution in [0.25, 0.3) is 0 Å². The molecular weight excluding hydrogens is 366 g/mol. The second-order valence-electron chi connectivity index (χ2n) is 6.12. The van der Waals surface area contributed by atoms with Crippen molar-refractivity contribution < 1.29 is 7.54 Å². The smallest absolute Gasteiger partial charge is 0.257 e. The average molecular weight is 386 g/mol. The second kappa shape index (κ2) is 6.06. The van der Waals surface area contributed by atoms with Crippen LogP contribution in [0.1, 0.15) is 30.6 Å². The first kappa shape index (κ1) is 13.2. The maximum Gasteiger partial charge on any atom is 0.257 e. The SMILES string of the molecule is [2H]C1([2H])NC(NC(=O)c2ccccc2)=N[C@]12CCc1cccc(Br)c1C2. The van der Waals surface area contributed by atoms with Crippen molar-refractivity contribution in [2.75, 3.05) is 6.50 Å². The molecule has 4 nitrogen and oxygen atoms in total. The highest BCUT2D eigenvalue weighted by Crippen LogP contribution is 2.36. The number of guanidine groups is 1. The molecule has 5 heteroatoms. The van der Waals surface area contributed by atoms with Gasteiger partial charge in [0.1, 0.15) is 0 Å². The third-order valence-electron chi connectivity index (χ3n) is 4.50. The molecule has 2 aromatic rings. The molecule has 0 unspecified atom stereocenters. The van der Waals surface area contributed by atoms with Crippen molar-refractivity contribution >= 4 is 27.8 Å². The van der Waals surface area contributed by atoms with Gasteiger partial charge in [-0.05, 0) is 42.2 Å². The van der Waals surface area contributed by atoms with Crippen molar-refractivity contribution in [3.63, 3.8) is 0 Å². The molecule has 0 fully saturated rings. The van der Waals surface area contributed by atoms with Crippen LogP contribution in [0.3, 0.4) is 0 Å². The van der Waals surface area contributed by atoms with Crippen LogP contribution in [0, 0.1) is 0 Å². The van der Waals surface area contributed by atoms with Gasteiger partial charge in [0, 0.05) is 23.0 Å². The minimum absolute atomic E-state index is 0.194. The molecule has 1 heterocycles. The Labute approximate surface area is 152 Å². The molecule has 0 aromatic heterocycles. The third kappa shape index (κ3) is 2.84. The van der Waals surface area contributed by atoms with Crippen molar-refractivity contribution in [3.05, 3.63) is 69.7 Å². The molecule has 1 aliphatic carbocycles. The van der Waals surface area contributed by atoms with Gasteiger partial charge in [-0.1, -0.05) is 46.3 Å². The van der Waals surface area contributed by atoms with E-state index >= 15 is 0 Å². The molecule has 0 saturated carbocycles. The highest BCUT2D eigenvalue weighted by atomic mass is 79.9. The predicted octanol–water partition coefficient (Wildman–Crippen LogP) is 3.07. The number of carbonyl (C=O) groups is 1. The van der Waals surface area contributed by atoms with Gasteiger partial charge in [-0.15, -0.1) is 0 Å². The fourth-order valence-electron chi connectivity index (χ4n) is 3.23. The zero-order valence-corrected chi connectivity index (χ0v) is 14.6. The summed E-state index contributed by atoms with van der Waals surface area (Å²) in [5, 5.41) is 5.49. The van der Waals surface area contributed by atoms with Gasteiger partial charge in [0.05, 0.1) is 8.28 Å². The lowest BCUT2D eigenvalue weighted by Crippen LogP contribution is -2.40. The van der Waals surface area contributed by atoms with Crippen LogP contribution in [0.4, 0.5) is 0 Å². The van der Waals surface area contributed by atoms with E-state index in [0.717, 1.165) is 16.5 Å². The molecule has 2 aliphatic rings. The number of carbonyl (C=O) groups excluding carboxylic acids is 1. The minimum Gasteiger partial charge on any atom is -0.354 e. The lowest BCUT2D eigenvalue weighted by Gasteiger charge is -2.31. The number of rotatable bonds is 1. The Morgan fingerprint density at radius 2 is 2.08 bits per heavy atom. The molecule has 122 valence electrons. The Bertz CT molecular complexity index is 901. The molecule has 2 aromatic carbocycles. The first-order chi connectivity index (χ1) is 12.4. The fraction of sp³-hybridized carbons (Fsp3) is 0.263. The number of aliphatic imine (C=N–C) groups is 1. The van der Waals surface area contributed by atoms with E-state index in [9.17, 15) is 4.79 Å². The monoisotopic (exact) mass is 385 g/mol. The fourth-order valence-corrected chi connectivity index (χ4v) is 3.78. The van der Waals surface area contributed by atoms with Crippen LogP contribution in [0.15, 0.2) is 58.0 Å². The predicted molar refractivity (Wildman–Crippen MR) is 98.2 cm³/mol. The maximum atomic E-state index is 12.4. The van der Waals surface area contributed by atoms with E-state index < -0.39 is 12.0 Å². The molecule has 24 heavy (non-hydrogen) atoms. The molecule has 1 spiro atoms. The van der Waals surface area contributed by atoms with E-state index in [1.54, 1.807) is 24.3 Å². The highest BCUT2D eigenvalue weighted by molar-refractivity contribution is 9.10. The number of fused-ring (bicyclic) bond motifs is 1. The average Bonchev–Trinajstić information content (AvgIpc) is 2.86. The van der Waals surface area contributed by atoms with Crippen molar-refractivity contribution in [1.29, 1.82) is 0 Å². The Kier molecular flexibility index (Phi) is 3.33. The van der Waals surface area contributed by atoms with Gasteiger partial charge in [-0.25, -0.2) is 4.99 Å². The first-order valence-corrected chi connectivity index (χ1v) is 8.70. The van der Waals surface area contributed by atoms with Gasteiger partial charge in [0.2, 0.25) is 0 Å². The number of nitrogens with one attached hydrogen (secondary N) is 2. The number of benzene rings is 2. The summed E-state index contributed by atoms with van der Waals surface area (Å²) in [5.41, 5.74) is 1.89. The number of hydrogen-bond acceptors (Lipinski definition) is 3. The minimum atomic E-state index is -1.74. The number of aryl methyl sites for hydroxylation is 1. The molecule has 1 amide bonds. The van der Waals surface area contributed by atoms with Gasteiger partial charge < -0.3 is 5.32 Å². The number of amides is 1. The van der Waals surface area contributed by atoms with E-state index in [1.807, 2.05) is 18.2 Å². The third-order valence-corrected chi connectivity index (χ3v) is 5.24. The standard InChI is InChI=1S/C19H18BrN3O/c20-16-8-4-7-13-9-10-19(11-15(13)16)12-21-18(23-19)22-17(24)14-5-2-1-3-6-14/h1-8H,9-12H2,(H2,21,22,23,24)/t19-/m0/s1/i12D2. The zero-order valence-electron chi connectivity index (χ0n) is 15.0. The summed E-state index contributed by atoms with van der Waals surface area (Å²) in [4.78, 5) is 17.0. The molecule has 0 bridgehead atoms. The molecule has 0 saturated heterocycles. The Balaban J connectivity index is 1.63. The Morgan fingerprint density at radius 3 is 2.92 bits per heavy atom. The van der Waals surface area contributed by atoms with Crippen LogP contribution >= 0.6 is 15.9 Å². The van der Waals surface area contributed by atoms with E-state index in [4.69, 9.17) is 2.74 Å². The highest BCUT2D eigenvalue weighted by Gasteiger charge is 2.39. The lowest BCUT2D eigenvalue weighted by atomic mass is 9.79. The number of halogens is 1. The lowest BCUT2D eigenvalue weighted by molar-refractivity contribution is 0.0976. The zero-order chi connectivity index (χ0) is 18.4. The summed E-state index contributed by atoms with van der Waals surface area (Å²) < 4.78 is 18.0. The molecule has 4 rings (SSSR count). The molecule has 0 radical (unpaired) electrons. The van der Waals surface area contributed by atoms with E-state index in [1.165, 1.54) is 5.56 Å². The second-order valence-corrected chi connectivity index (χ2v) is 6.97. The first-order valence-electron chi connectivity index (χ1n) is 8.91. The summed E-state index contributed by atoms with van der Waals surface area (Å²) in [6.07, 6.45) is 1.81. The van der Waals surface area contributed by atoms with Gasteiger partial charge in [-0.3, -0.25) is 10.1 Å². The summed E-state index contributed by atoms with van der Waals surface area (Å²) >= 11 is 3.57. The largest absolute Gasteiger partial charge is 0.354 e. The summed E-state index contributed by atoms with van der Waals surface area (Å²) in [6.45, 7) is -1.74.